The Kier molecular flexibility index (Phi) is 5.34. The number of sulfonamides is 1. The number of aliphatic carboxylic acids is 1. The fourth-order valence-corrected chi connectivity index (χ4v) is 3.05. The van der Waals surface area contributed by atoms with Gasteiger partial charge in [0.2, 0.25) is 10.0 Å². The molecule has 5 N–H and O–H groups in total. The number of carboxylic acids is 1. The van der Waals surface area contributed by atoms with Crippen LogP contribution in [0.3, 0.4) is 0 Å². The van der Waals surface area contributed by atoms with Gasteiger partial charge in [0.15, 0.2) is 5.60 Å². The lowest BCUT2D eigenvalue weighted by molar-refractivity contribution is -0.155. The van der Waals surface area contributed by atoms with E-state index >= 15 is 0 Å². The van der Waals surface area contributed by atoms with Gasteiger partial charge in [0.25, 0.3) is 5.91 Å². The lowest BCUT2D eigenvalue weighted by Gasteiger charge is -2.19. The van der Waals surface area contributed by atoms with Gasteiger partial charge in [-0.05, 0) is 31.5 Å². The Morgan fingerprint density at radius 1 is 1.41 bits per heavy atom. The van der Waals surface area contributed by atoms with Crippen molar-refractivity contribution in [3.63, 3.8) is 0 Å². The number of benzene rings is 1. The molecule has 0 aromatic heterocycles. The Morgan fingerprint density at radius 3 is 2.41 bits per heavy atom. The minimum absolute atomic E-state index is 0.000381. The van der Waals surface area contributed by atoms with Crippen LogP contribution in [0.4, 0.5) is 0 Å². The van der Waals surface area contributed by atoms with E-state index in [2.05, 4.69) is 21.2 Å². The predicted octanol–water partition coefficient (Wildman–Crippen LogP) is -0.0297. The number of primary sulfonamides is 1. The van der Waals surface area contributed by atoms with E-state index in [1.807, 2.05) is 0 Å². The van der Waals surface area contributed by atoms with E-state index in [1.165, 1.54) is 19.1 Å². The number of hydrogen-bond donors (Lipinski definition) is 4. The number of nitrogens with one attached hydrogen (secondary N) is 1. The summed E-state index contributed by atoms with van der Waals surface area (Å²) in [5.74, 6) is -2.23. The van der Waals surface area contributed by atoms with Crippen molar-refractivity contribution < 1.29 is 28.2 Å². The fourth-order valence-electron chi connectivity index (χ4n) is 1.61. The lowest BCUT2D eigenvalue weighted by Crippen LogP contribution is -2.46. The smallest absolute Gasteiger partial charge is 0.337 e. The third-order valence-corrected chi connectivity index (χ3v) is 4.42. The van der Waals surface area contributed by atoms with Crippen LogP contribution in [0.25, 0.3) is 0 Å². The fraction of sp³-hybridized carbons (Fsp3) is 0.333. The molecule has 1 unspecified atom stereocenters. The van der Waals surface area contributed by atoms with Gasteiger partial charge in [-0.2, -0.15) is 0 Å². The van der Waals surface area contributed by atoms with Crippen LogP contribution in [0, 0.1) is 6.92 Å². The number of halogens is 1. The minimum atomic E-state index is -4.02. The Morgan fingerprint density at radius 2 is 1.95 bits per heavy atom. The predicted molar refractivity (Wildman–Crippen MR) is 80.8 cm³/mol. The molecule has 1 aromatic carbocycles. The second kappa shape index (κ2) is 6.32. The minimum Gasteiger partial charge on any atom is -0.479 e. The second-order valence-electron chi connectivity index (χ2n) is 4.88. The normalized spacial score (nSPS) is 14.2. The van der Waals surface area contributed by atoms with Crippen molar-refractivity contribution >= 4 is 37.8 Å². The van der Waals surface area contributed by atoms with Gasteiger partial charge in [-0.15, -0.1) is 0 Å². The Balaban J connectivity index is 3.15. The number of carbonyl (C=O) groups is 2. The molecule has 22 heavy (non-hydrogen) atoms. The second-order valence-corrected chi connectivity index (χ2v) is 7.33. The number of aliphatic hydroxyl groups is 1. The molecule has 10 heteroatoms. The highest BCUT2D eigenvalue weighted by atomic mass is 79.9. The lowest BCUT2D eigenvalue weighted by atomic mass is 10.1. The Bertz CT molecular complexity index is 729. The molecule has 0 radical (unpaired) electrons. The van der Waals surface area contributed by atoms with Crippen LogP contribution in [0.1, 0.15) is 22.8 Å². The summed E-state index contributed by atoms with van der Waals surface area (Å²) >= 11 is 3.08. The Labute approximate surface area is 135 Å². The van der Waals surface area contributed by atoms with Crippen LogP contribution in [-0.4, -0.2) is 42.7 Å². The number of rotatable bonds is 5. The summed E-state index contributed by atoms with van der Waals surface area (Å²) in [4.78, 5) is 22.6. The molecule has 0 aliphatic carbocycles. The maximum atomic E-state index is 12.1. The van der Waals surface area contributed by atoms with Crippen molar-refractivity contribution in [3.8, 4) is 0 Å². The number of carbonyl (C=O) groups excluding carboxylic acids is 1. The zero-order chi connectivity index (χ0) is 17.3. The summed E-state index contributed by atoms with van der Waals surface area (Å²) in [6.45, 7) is 1.88. The number of nitrogens with two attached hydrogens (primary N) is 1. The number of amides is 1. The summed E-state index contributed by atoms with van der Waals surface area (Å²) in [5.41, 5.74) is -2.02. The van der Waals surface area contributed by atoms with Crippen LogP contribution in [0.2, 0.25) is 0 Å². The van der Waals surface area contributed by atoms with Gasteiger partial charge in [-0.1, -0.05) is 15.9 Å². The molecular formula is C12H15BrN2O6S. The summed E-state index contributed by atoms with van der Waals surface area (Å²) < 4.78 is 23.3. The third-order valence-electron chi connectivity index (χ3n) is 2.93. The van der Waals surface area contributed by atoms with Crippen LogP contribution in [0.15, 0.2) is 21.5 Å². The quantitative estimate of drug-likeness (QED) is 0.551. The van der Waals surface area contributed by atoms with Gasteiger partial charge in [-0.25, -0.2) is 18.4 Å². The first-order valence-electron chi connectivity index (χ1n) is 5.93. The van der Waals surface area contributed by atoms with Gasteiger partial charge in [-0.3, -0.25) is 4.79 Å². The van der Waals surface area contributed by atoms with E-state index in [9.17, 15) is 23.1 Å². The molecule has 1 aromatic rings. The average molecular weight is 395 g/mol. The molecule has 0 heterocycles. The van der Waals surface area contributed by atoms with Crippen molar-refractivity contribution in [1.29, 1.82) is 0 Å². The van der Waals surface area contributed by atoms with E-state index in [-0.39, 0.29) is 16.0 Å². The molecule has 1 rings (SSSR count). The van der Waals surface area contributed by atoms with E-state index in [0.717, 1.165) is 6.92 Å². The average Bonchev–Trinajstić information content (AvgIpc) is 2.36. The van der Waals surface area contributed by atoms with Gasteiger partial charge in [0.05, 0.1) is 11.4 Å². The number of carboxylic acid groups (broad SMARTS) is 1. The van der Waals surface area contributed by atoms with Crippen LogP contribution in [-0.2, 0) is 14.8 Å². The first kappa shape index (κ1) is 18.6. The first-order chi connectivity index (χ1) is 9.86. The first-order valence-corrected chi connectivity index (χ1v) is 8.27. The molecule has 0 saturated carbocycles. The largest absolute Gasteiger partial charge is 0.479 e. The summed E-state index contributed by atoms with van der Waals surface area (Å²) in [6, 6.07) is 2.63. The highest BCUT2D eigenvalue weighted by Crippen LogP contribution is 2.24. The third kappa shape index (κ3) is 4.26. The molecule has 122 valence electrons. The highest BCUT2D eigenvalue weighted by Gasteiger charge is 2.31. The zero-order valence-corrected chi connectivity index (χ0v) is 14.2. The van der Waals surface area contributed by atoms with Crippen LogP contribution >= 0.6 is 15.9 Å². The molecule has 0 saturated heterocycles. The standard InChI is InChI=1S/C12H15BrN2O6S/c1-6-8(3-7(13)4-9(6)22(14,20)21)10(16)15-5-12(2,19)11(17)18/h3-4,19H,5H2,1-2H3,(H,15,16)(H,17,18)(H2,14,20,21). The molecule has 0 bridgehead atoms. The van der Waals surface area contributed by atoms with E-state index in [4.69, 9.17) is 10.2 Å². The molecule has 0 aliphatic rings. The van der Waals surface area contributed by atoms with Crippen molar-refractivity contribution in [1.82, 2.24) is 5.32 Å². The highest BCUT2D eigenvalue weighted by molar-refractivity contribution is 9.10. The van der Waals surface area contributed by atoms with Gasteiger partial charge >= 0.3 is 5.97 Å². The molecule has 0 fully saturated rings. The molecule has 0 spiro atoms. The maximum absolute atomic E-state index is 12.1. The van der Waals surface area contributed by atoms with Gasteiger partial charge in [0, 0.05) is 10.0 Å². The van der Waals surface area contributed by atoms with Crippen LogP contribution in [0.5, 0.6) is 0 Å². The van der Waals surface area contributed by atoms with Crippen molar-refractivity contribution in [3.05, 3.63) is 27.7 Å². The van der Waals surface area contributed by atoms with E-state index < -0.39 is 34.0 Å². The van der Waals surface area contributed by atoms with Crippen molar-refractivity contribution in [2.45, 2.75) is 24.3 Å². The number of hydrogen-bond acceptors (Lipinski definition) is 5. The molecule has 0 aliphatic heterocycles. The molecule has 1 amide bonds. The van der Waals surface area contributed by atoms with Crippen LogP contribution < -0.4 is 10.5 Å². The summed E-state index contributed by atoms with van der Waals surface area (Å²) in [7, 11) is -4.02. The van der Waals surface area contributed by atoms with Crippen molar-refractivity contribution in [2.75, 3.05) is 6.54 Å². The summed E-state index contributed by atoms with van der Waals surface area (Å²) in [6.07, 6.45) is 0. The SMILES string of the molecule is Cc1c(C(=O)NCC(C)(O)C(=O)O)cc(Br)cc1S(N)(=O)=O. The molecule has 8 nitrogen and oxygen atoms in total. The zero-order valence-electron chi connectivity index (χ0n) is 11.8. The monoisotopic (exact) mass is 394 g/mol. The molecule has 1 atom stereocenters. The van der Waals surface area contributed by atoms with E-state index in [1.54, 1.807) is 0 Å². The Hall–Kier alpha value is -1.49. The van der Waals surface area contributed by atoms with Gasteiger partial charge < -0.3 is 15.5 Å². The topological polar surface area (TPSA) is 147 Å². The van der Waals surface area contributed by atoms with Gasteiger partial charge in [0.1, 0.15) is 0 Å². The molecular weight excluding hydrogens is 380 g/mol. The summed E-state index contributed by atoms with van der Waals surface area (Å²) in [5, 5.41) is 25.6. The van der Waals surface area contributed by atoms with Crippen molar-refractivity contribution in [2.24, 2.45) is 5.14 Å². The van der Waals surface area contributed by atoms with E-state index in [0.29, 0.717) is 4.47 Å². The maximum Gasteiger partial charge on any atom is 0.337 e.